The molecule has 1 aromatic rings. The first-order valence-electron chi connectivity index (χ1n) is 10.7. The molecule has 1 N–H and O–H groups in total. The SMILES string of the molecule is CCN1CCN(c2ccc(C(=O)NCC3CCCN(C(C)C)C3)cc2)CC1. The largest absolute Gasteiger partial charge is 0.369 e. The van der Waals surface area contributed by atoms with E-state index >= 15 is 0 Å². The van der Waals surface area contributed by atoms with Crippen LogP contribution in [0.1, 0.15) is 44.0 Å². The maximum Gasteiger partial charge on any atom is 0.251 e. The zero-order chi connectivity index (χ0) is 19.2. The minimum atomic E-state index is 0.0547. The molecule has 5 heteroatoms. The molecule has 1 aromatic carbocycles. The van der Waals surface area contributed by atoms with Crippen LogP contribution >= 0.6 is 0 Å². The second kappa shape index (κ2) is 9.56. The van der Waals surface area contributed by atoms with Crippen molar-refractivity contribution in [3.63, 3.8) is 0 Å². The molecule has 2 aliphatic heterocycles. The molecule has 1 amide bonds. The Kier molecular flexibility index (Phi) is 7.13. The second-order valence-corrected chi connectivity index (χ2v) is 8.28. The van der Waals surface area contributed by atoms with Gasteiger partial charge in [-0.2, -0.15) is 0 Å². The Bertz CT molecular complexity index is 593. The van der Waals surface area contributed by atoms with Crippen molar-refractivity contribution in [2.75, 3.05) is 57.3 Å². The number of carbonyl (C=O) groups excluding carboxylic acids is 1. The number of piperazine rings is 1. The van der Waals surface area contributed by atoms with Crippen LogP contribution in [0.15, 0.2) is 24.3 Å². The van der Waals surface area contributed by atoms with E-state index in [-0.39, 0.29) is 5.91 Å². The van der Waals surface area contributed by atoms with Crippen molar-refractivity contribution in [3.05, 3.63) is 29.8 Å². The molecule has 0 saturated carbocycles. The van der Waals surface area contributed by atoms with E-state index in [4.69, 9.17) is 0 Å². The van der Waals surface area contributed by atoms with Crippen molar-refractivity contribution in [2.24, 2.45) is 5.92 Å². The standard InChI is InChI=1S/C22H36N4O/c1-4-24-12-14-25(15-13-24)21-9-7-20(8-10-21)22(27)23-16-19-6-5-11-26(17-19)18(2)3/h7-10,18-19H,4-6,11-17H2,1-3H3,(H,23,27). The number of hydrogen-bond donors (Lipinski definition) is 1. The van der Waals surface area contributed by atoms with Gasteiger partial charge in [0.1, 0.15) is 0 Å². The highest BCUT2D eigenvalue weighted by molar-refractivity contribution is 5.94. The Hall–Kier alpha value is -1.59. The number of amides is 1. The van der Waals surface area contributed by atoms with Gasteiger partial charge in [-0.3, -0.25) is 4.79 Å². The van der Waals surface area contributed by atoms with E-state index in [1.54, 1.807) is 0 Å². The van der Waals surface area contributed by atoms with Crippen LogP contribution in [-0.4, -0.2) is 74.1 Å². The van der Waals surface area contributed by atoms with Crippen LogP contribution < -0.4 is 10.2 Å². The molecule has 0 spiro atoms. The van der Waals surface area contributed by atoms with Gasteiger partial charge < -0.3 is 20.0 Å². The normalized spacial score (nSPS) is 22.2. The molecule has 2 aliphatic rings. The molecule has 2 heterocycles. The van der Waals surface area contributed by atoms with E-state index in [1.807, 2.05) is 12.1 Å². The van der Waals surface area contributed by atoms with Crippen molar-refractivity contribution >= 4 is 11.6 Å². The Morgan fingerprint density at radius 3 is 2.44 bits per heavy atom. The molecule has 2 fully saturated rings. The highest BCUT2D eigenvalue weighted by atomic mass is 16.1. The molecule has 27 heavy (non-hydrogen) atoms. The zero-order valence-corrected chi connectivity index (χ0v) is 17.3. The average Bonchev–Trinajstić information content (AvgIpc) is 2.72. The van der Waals surface area contributed by atoms with Gasteiger partial charge >= 0.3 is 0 Å². The lowest BCUT2D eigenvalue weighted by molar-refractivity contribution is 0.0922. The summed E-state index contributed by atoms with van der Waals surface area (Å²) in [7, 11) is 0. The smallest absolute Gasteiger partial charge is 0.251 e. The van der Waals surface area contributed by atoms with Gasteiger partial charge in [0.05, 0.1) is 0 Å². The minimum absolute atomic E-state index is 0.0547. The maximum atomic E-state index is 12.5. The predicted molar refractivity (Wildman–Crippen MR) is 113 cm³/mol. The van der Waals surface area contributed by atoms with Crippen molar-refractivity contribution < 1.29 is 4.79 Å². The van der Waals surface area contributed by atoms with E-state index in [0.29, 0.717) is 12.0 Å². The first kappa shape index (κ1) is 20.2. The highest BCUT2D eigenvalue weighted by Gasteiger charge is 2.22. The van der Waals surface area contributed by atoms with E-state index in [2.05, 4.69) is 52.9 Å². The molecule has 0 aromatic heterocycles. The van der Waals surface area contributed by atoms with Gasteiger partial charge in [0.15, 0.2) is 0 Å². The number of carbonyl (C=O) groups is 1. The fraction of sp³-hybridized carbons (Fsp3) is 0.682. The molecule has 1 unspecified atom stereocenters. The Morgan fingerprint density at radius 2 is 1.81 bits per heavy atom. The lowest BCUT2D eigenvalue weighted by Crippen LogP contribution is -2.46. The number of hydrogen-bond acceptors (Lipinski definition) is 4. The van der Waals surface area contributed by atoms with Gasteiger partial charge in [-0.25, -0.2) is 0 Å². The molecular formula is C22H36N4O. The minimum Gasteiger partial charge on any atom is -0.369 e. The van der Waals surface area contributed by atoms with Gasteiger partial charge in [-0.15, -0.1) is 0 Å². The van der Waals surface area contributed by atoms with Gasteiger partial charge in [0.25, 0.3) is 5.91 Å². The summed E-state index contributed by atoms with van der Waals surface area (Å²) in [4.78, 5) is 19.9. The molecule has 150 valence electrons. The van der Waals surface area contributed by atoms with Gasteiger partial charge in [-0.05, 0) is 70.0 Å². The number of likely N-dealkylation sites (tertiary alicyclic amines) is 1. The summed E-state index contributed by atoms with van der Waals surface area (Å²) >= 11 is 0. The molecule has 0 radical (unpaired) electrons. The summed E-state index contributed by atoms with van der Waals surface area (Å²) in [6.45, 7) is 15.3. The van der Waals surface area contributed by atoms with Gasteiger partial charge in [0.2, 0.25) is 0 Å². The molecule has 3 rings (SSSR count). The fourth-order valence-corrected chi connectivity index (χ4v) is 4.22. The van der Waals surface area contributed by atoms with Crippen LogP contribution in [0, 0.1) is 5.92 Å². The number of benzene rings is 1. The molecule has 0 aliphatic carbocycles. The number of nitrogens with one attached hydrogen (secondary N) is 1. The summed E-state index contributed by atoms with van der Waals surface area (Å²) in [6, 6.07) is 8.72. The van der Waals surface area contributed by atoms with E-state index in [1.165, 1.54) is 25.1 Å². The first-order chi connectivity index (χ1) is 13.1. The van der Waals surface area contributed by atoms with Crippen molar-refractivity contribution in [1.29, 1.82) is 0 Å². The Morgan fingerprint density at radius 1 is 1.11 bits per heavy atom. The van der Waals surface area contributed by atoms with Crippen LogP contribution in [0.2, 0.25) is 0 Å². The summed E-state index contributed by atoms with van der Waals surface area (Å²) in [5.74, 6) is 0.623. The molecule has 0 bridgehead atoms. The lowest BCUT2D eigenvalue weighted by Gasteiger charge is -2.35. The molecule has 5 nitrogen and oxygen atoms in total. The number of piperidine rings is 1. The van der Waals surface area contributed by atoms with E-state index in [9.17, 15) is 4.79 Å². The topological polar surface area (TPSA) is 38.8 Å². The Labute approximate surface area is 164 Å². The van der Waals surface area contributed by atoms with Gasteiger partial charge in [0, 0.05) is 56.6 Å². The highest BCUT2D eigenvalue weighted by Crippen LogP contribution is 2.19. The van der Waals surface area contributed by atoms with Crippen molar-refractivity contribution in [1.82, 2.24) is 15.1 Å². The van der Waals surface area contributed by atoms with Crippen LogP contribution in [0.3, 0.4) is 0 Å². The molecule has 2 saturated heterocycles. The first-order valence-corrected chi connectivity index (χ1v) is 10.7. The zero-order valence-electron chi connectivity index (χ0n) is 17.3. The second-order valence-electron chi connectivity index (χ2n) is 8.28. The third-order valence-electron chi connectivity index (χ3n) is 6.15. The lowest BCUT2D eigenvalue weighted by atomic mass is 9.97. The number of anilines is 1. The van der Waals surface area contributed by atoms with E-state index in [0.717, 1.165) is 51.4 Å². The van der Waals surface area contributed by atoms with Crippen molar-refractivity contribution in [3.8, 4) is 0 Å². The van der Waals surface area contributed by atoms with Crippen LogP contribution in [0.5, 0.6) is 0 Å². The van der Waals surface area contributed by atoms with Crippen LogP contribution in [0.4, 0.5) is 5.69 Å². The summed E-state index contributed by atoms with van der Waals surface area (Å²) in [5, 5.41) is 3.15. The Balaban J connectivity index is 1.48. The number of nitrogens with zero attached hydrogens (tertiary/aromatic N) is 3. The number of rotatable bonds is 6. The molecule has 1 atom stereocenters. The fourth-order valence-electron chi connectivity index (χ4n) is 4.22. The number of likely N-dealkylation sites (N-methyl/N-ethyl adjacent to an activating group) is 1. The maximum absolute atomic E-state index is 12.5. The quantitative estimate of drug-likeness (QED) is 0.833. The summed E-state index contributed by atoms with van der Waals surface area (Å²) < 4.78 is 0. The van der Waals surface area contributed by atoms with Crippen LogP contribution in [0.25, 0.3) is 0 Å². The van der Waals surface area contributed by atoms with E-state index < -0.39 is 0 Å². The summed E-state index contributed by atoms with van der Waals surface area (Å²) in [6.07, 6.45) is 2.45. The monoisotopic (exact) mass is 372 g/mol. The third-order valence-corrected chi connectivity index (χ3v) is 6.15. The van der Waals surface area contributed by atoms with Crippen molar-refractivity contribution in [2.45, 2.75) is 39.7 Å². The third kappa shape index (κ3) is 5.45. The molecular weight excluding hydrogens is 336 g/mol. The average molecular weight is 373 g/mol. The predicted octanol–water partition coefficient (Wildman–Crippen LogP) is 2.68. The summed E-state index contributed by atoms with van der Waals surface area (Å²) in [5.41, 5.74) is 1.99. The van der Waals surface area contributed by atoms with Crippen LogP contribution in [-0.2, 0) is 0 Å². The van der Waals surface area contributed by atoms with Gasteiger partial charge in [-0.1, -0.05) is 6.92 Å².